The Bertz CT molecular complexity index is 1120. The first-order valence-corrected chi connectivity index (χ1v) is 9.90. The van der Waals surface area contributed by atoms with E-state index in [1.54, 1.807) is 18.2 Å². The van der Waals surface area contributed by atoms with Crippen LogP contribution in [0.25, 0.3) is 11.1 Å². The Labute approximate surface area is 190 Å². The summed E-state index contributed by atoms with van der Waals surface area (Å²) in [6.45, 7) is -0.0406. The summed E-state index contributed by atoms with van der Waals surface area (Å²) in [5.41, 5.74) is 1.42. The fourth-order valence-corrected chi connectivity index (χ4v) is 3.14. The van der Waals surface area contributed by atoms with Crippen LogP contribution >= 0.6 is 0 Å². The predicted octanol–water partition coefficient (Wildman–Crippen LogP) is 6.87. The molecule has 0 spiro atoms. The van der Waals surface area contributed by atoms with Gasteiger partial charge < -0.3 is 14.6 Å². The van der Waals surface area contributed by atoms with Crippen LogP contribution in [0.15, 0.2) is 66.7 Å². The largest absolute Gasteiger partial charge is 0.573 e. The number of carboxylic acid groups (broad SMARTS) is 1. The van der Waals surface area contributed by atoms with Crippen molar-refractivity contribution in [2.45, 2.75) is 32.0 Å². The molecule has 34 heavy (non-hydrogen) atoms. The Morgan fingerprint density at radius 3 is 2.00 bits per heavy atom. The van der Waals surface area contributed by atoms with Crippen molar-refractivity contribution in [2.24, 2.45) is 0 Å². The Balaban J connectivity index is 1.79. The van der Waals surface area contributed by atoms with Gasteiger partial charge in [0.25, 0.3) is 0 Å². The van der Waals surface area contributed by atoms with Crippen LogP contribution in [0.2, 0.25) is 0 Å². The van der Waals surface area contributed by atoms with E-state index >= 15 is 0 Å². The van der Waals surface area contributed by atoms with E-state index in [1.807, 2.05) is 0 Å². The van der Waals surface area contributed by atoms with E-state index in [1.165, 1.54) is 24.3 Å². The van der Waals surface area contributed by atoms with E-state index in [0.717, 1.165) is 24.3 Å². The van der Waals surface area contributed by atoms with Crippen LogP contribution in [0.5, 0.6) is 11.5 Å². The first-order valence-electron chi connectivity index (χ1n) is 9.90. The molecule has 4 nitrogen and oxygen atoms in total. The maximum absolute atomic E-state index is 12.7. The second-order valence-electron chi connectivity index (χ2n) is 7.27. The zero-order valence-electron chi connectivity index (χ0n) is 17.4. The number of aryl methyl sites for hydroxylation is 1. The van der Waals surface area contributed by atoms with E-state index in [2.05, 4.69) is 4.74 Å². The molecule has 180 valence electrons. The van der Waals surface area contributed by atoms with Crippen molar-refractivity contribution in [2.75, 3.05) is 0 Å². The highest BCUT2D eigenvalue weighted by Crippen LogP contribution is 2.32. The molecule has 0 unspecified atom stereocenters. The Morgan fingerprint density at radius 2 is 1.44 bits per heavy atom. The number of hydrogen-bond acceptors (Lipinski definition) is 3. The SMILES string of the molecule is O=C(O)CCc1cc(-c2ccc(OC(F)(F)F)cc2)ccc1OCc1ccc(C(F)(F)F)cc1. The van der Waals surface area contributed by atoms with Gasteiger partial charge in [0, 0.05) is 6.42 Å². The molecule has 0 aliphatic rings. The fraction of sp³-hybridized carbons (Fsp3) is 0.208. The highest BCUT2D eigenvalue weighted by Gasteiger charge is 2.31. The van der Waals surface area contributed by atoms with Crippen molar-refractivity contribution >= 4 is 5.97 Å². The third-order valence-electron chi connectivity index (χ3n) is 4.77. The molecule has 3 rings (SSSR count). The molecule has 0 amide bonds. The quantitative estimate of drug-likeness (QED) is 0.355. The van der Waals surface area contributed by atoms with Crippen LogP contribution in [0, 0.1) is 0 Å². The maximum Gasteiger partial charge on any atom is 0.573 e. The minimum Gasteiger partial charge on any atom is -0.489 e. The van der Waals surface area contributed by atoms with Gasteiger partial charge in [-0.25, -0.2) is 0 Å². The first-order chi connectivity index (χ1) is 15.9. The van der Waals surface area contributed by atoms with Gasteiger partial charge in [-0.1, -0.05) is 30.3 Å². The van der Waals surface area contributed by atoms with Gasteiger partial charge in [-0.3, -0.25) is 4.79 Å². The number of ether oxygens (including phenoxy) is 2. The Kier molecular flexibility index (Phi) is 7.38. The third kappa shape index (κ3) is 7.16. The lowest BCUT2D eigenvalue weighted by molar-refractivity contribution is -0.274. The van der Waals surface area contributed by atoms with Crippen molar-refractivity contribution < 1.29 is 45.7 Å². The Morgan fingerprint density at radius 1 is 0.824 bits per heavy atom. The molecule has 0 heterocycles. The molecule has 3 aromatic rings. The van der Waals surface area contributed by atoms with E-state index in [4.69, 9.17) is 9.84 Å². The van der Waals surface area contributed by atoms with Gasteiger partial charge in [0.2, 0.25) is 0 Å². The lowest BCUT2D eigenvalue weighted by Gasteiger charge is -2.14. The second kappa shape index (κ2) is 10.1. The summed E-state index contributed by atoms with van der Waals surface area (Å²) in [5, 5.41) is 9.04. The van der Waals surface area contributed by atoms with Crippen molar-refractivity contribution in [3.63, 3.8) is 0 Å². The van der Waals surface area contributed by atoms with Gasteiger partial charge in [-0.15, -0.1) is 13.2 Å². The molecule has 0 radical (unpaired) electrons. The van der Waals surface area contributed by atoms with E-state index in [-0.39, 0.29) is 25.2 Å². The molecule has 0 saturated heterocycles. The average molecular weight is 484 g/mol. The number of benzene rings is 3. The molecule has 0 saturated carbocycles. The summed E-state index contributed by atoms with van der Waals surface area (Å²) < 4.78 is 84.7. The summed E-state index contributed by atoms with van der Waals surface area (Å²) >= 11 is 0. The normalized spacial score (nSPS) is 11.8. The molecule has 0 aromatic heterocycles. The van der Waals surface area contributed by atoms with Gasteiger partial charge >= 0.3 is 18.5 Å². The van der Waals surface area contributed by atoms with Crippen LogP contribution in [-0.4, -0.2) is 17.4 Å². The van der Waals surface area contributed by atoms with Crippen molar-refractivity contribution in [3.8, 4) is 22.6 Å². The molecule has 0 aliphatic heterocycles. The molecular formula is C24H18F6O4. The van der Waals surface area contributed by atoms with Gasteiger partial charge in [0.05, 0.1) is 5.56 Å². The molecule has 1 N–H and O–H groups in total. The minimum atomic E-state index is -4.81. The number of carbonyl (C=O) groups is 1. The van der Waals surface area contributed by atoms with E-state index in [9.17, 15) is 31.1 Å². The van der Waals surface area contributed by atoms with Crippen molar-refractivity contribution in [3.05, 3.63) is 83.4 Å². The standard InChI is InChI=1S/C24H18F6O4/c25-23(26,27)19-7-1-15(2-8-19)14-33-21-11-5-17(13-18(21)6-12-22(31)32)16-3-9-20(10-4-16)34-24(28,29)30/h1-5,7-11,13H,6,12,14H2,(H,31,32). The van der Waals surface area contributed by atoms with Crippen LogP contribution in [0.4, 0.5) is 26.3 Å². The Hall–Kier alpha value is -3.69. The lowest BCUT2D eigenvalue weighted by atomic mass is 10.00. The van der Waals surface area contributed by atoms with Crippen LogP contribution in [0.1, 0.15) is 23.1 Å². The van der Waals surface area contributed by atoms with Crippen molar-refractivity contribution in [1.29, 1.82) is 0 Å². The van der Waals surface area contributed by atoms with E-state index < -0.39 is 24.1 Å². The number of rotatable bonds is 8. The van der Waals surface area contributed by atoms with Gasteiger partial charge in [0.1, 0.15) is 18.1 Å². The number of carboxylic acids is 1. The fourth-order valence-electron chi connectivity index (χ4n) is 3.14. The van der Waals surface area contributed by atoms with Gasteiger partial charge in [-0.2, -0.15) is 13.2 Å². The zero-order valence-corrected chi connectivity index (χ0v) is 17.4. The monoisotopic (exact) mass is 484 g/mol. The summed E-state index contributed by atoms with van der Waals surface area (Å²) in [7, 11) is 0. The average Bonchev–Trinajstić information content (AvgIpc) is 2.75. The number of alkyl halides is 6. The number of aliphatic carboxylic acids is 1. The molecule has 0 atom stereocenters. The molecule has 10 heteroatoms. The maximum atomic E-state index is 12.7. The van der Waals surface area contributed by atoms with Crippen LogP contribution < -0.4 is 9.47 Å². The van der Waals surface area contributed by atoms with Gasteiger partial charge in [-0.05, 0) is 65.1 Å². The molecule has 0 aliphatic carbocycles. The lowest BCUT2D eigenvalue weighted by Crippen LogP contribution is -2.16. The second-order valence-corrected chi connectivity index (χ2v) is 7.27. The summed E-state index contributed by atoms with van der Waals surface area (Å²) in [5.74, 6) is -1.06. The highest BCUT2D eigenvalue weighted by molar-refractivity contribution is 5.69. The number of hydrogen-bond donors (Lipinski definition) is 1. The first kappa shape index (κ1) is 24.9. The smallest absolute Gasteiger partial charge is 0.489 e. The molecule has 0 bridgehead atoms. The topological polar surface area (TPSA) is 55.8 Å². The van der Waals surface area contributed by atoms with E-state index in [0.29, 0.717) is 28.0 Å². The molecule has 0 fully saturated rings. The number of halogens is 6. The highest BCUT2D eigenvalue weighted by atomic mass is 19.4. The third-order valence-corrected chi connectivity index (χ3v) is 4.77. The minimum absolute atomic E-state index is 0.0406. The molecule has 3 aromatic carbocycles. The summed E-state index contributed by atoms with van der Waals surface area (Å²) in [4.78, 5) is 11.0. The zero-order chi connectivity index (χ0) is 24.9. The van der Waals surface area contributed by atoms with Crippen LogP contribution in [0.3, 0.4) is 0 Å². The summed E-state index contributed by atoms with van der Waals surface area (Å²) in [6, 6.07) is 14.5. The molecular weight excluding hydrogens is 466 g/mol. The predicted molar refractivity (Wildman–Crippen MR) is 110 cm³/mol. The van der Waals surface area contributed by atoms with Gasteiger partial charge in [0.15, 0.2) is 0 Å². The van der Waals surface area contributed by atoms with Crippen LogP contribution in [-0.2, 0) is 24.0 Å². The summed E-state index contributed by atoms with van der Waals surface area (Å²) in [6.07, 6.45) is -9.34. The van der Waals surface area contributed by atoms with Crippen molar-refractivity contribution in [1.82, 2.24) is 0 Å².